The molecular formula is C35H39N5O8S. The fraction of sp³-hybridized carbons (Fsp3) is 0.457. The maximum atomic E-state index is 14.2. The highest BCUT2D eigenvalue weighted by Gasteiger charge is 2.62. The van der Waals surface area contributed by atoms with E-state index in [-0.39, 0.29) is 25.8 Å². The fourth-order valence-electron chi connectivity index (χ4n) is 7.12. The number of fused-ring (bicyclic) bond motifs is 5. The quantitative estimate of drug-likeness (QED) is 0.223. The first kappa shape index (κ1) is 32.8. The molecule has 0 radical (unpaired) electrons. The number of sulfonamides is 1. The number of allylic oxidation sites excluding steroid dienone is 1. The van der Waals surface area contributed by atoms with E-state index in [1.807, 2.05) is 60.7 Å². The zero-order chi connectivity index (χ0) is 34.3. The van der Waals surface area contributed by atoms with E-state index in [0.29, 0.717) is 37.1 Å². The number of aromatic nitrogens is 1. The summed E-state index contributed by atoms with van der Waals surface area (Å²) in [4.78, 5) is 59.7. The fourth-order valence-corrected chi connectivity index (χ4v) is 8.48. The van der Waals surface area contributed by atoms with Crippen LogP contribution in [0.3, 0.4) is 0 Å². The minimum atomic E-state index is -3.88. The van der Waals surface area contributed by atoms with Gasteiger partial charge in [0.05, 0.1) is 17.3 Å². The monoisotopic (exact) mass is 689 g/mol. The second kappa shape index (κ2) is 13.0. The van der Waals surface area contributed by atoms with Gasteiger partial charge in [0.1, 0.15) is 23.7 Å². The van der Waals surface area contributed by atoms with Crippen LogP contribution in [-0.4, -0.2) is 82.7 Å². The number of hydrogen-bond donors (Lipinski definition) is 4. The molecule has 258 valence electrons. The van der Waals surface area contributed by atoms with Crippen LogP contribution in [0.25, 0.3) is 21.7 Å². The van der Waals surface area contributed by atoms with Gasteiger partial charge in [0.15, 0.2) is 0 Å². The summed E-state index contributed by atoms with van der Waals surface area (Å²) in [5.41, 5.74) is -0.788. The van der Waals surface area contributed by atoms with Crippen molar-refractivity contribution in [2.45, 2.75) is 86.8 Å². The topological polar surface area (TPSA) is 184 Å². The molecule has 2 saturated carbocycles. The van der Waals surface area contributed by atoms with Crippen molar-refractivity contribution in [3.8, 4) is 5.88 Å². The van der Waals surface area contributed by atoms with Crippen LogP contribution in [0.1, 0.15) is 57.8 Å². The van der Waals surface area contributed by atoms with Gasteiger partial charge in [-0.15, -0.1) is 0 Å². The average molecular weight is 690 g/mol. The molecule has 4 amide bonds. The third-order valence-corrected chi connectivity index (χ3v) is 11.8. The summed E-state index contributed by atoms with van der Waals surface area (Å²) >= 11 is 0. The van der Waals surface area contributed by atoms with E-state index in [4.69, 9.17) is 9.72 Å². The van der Waals surface area contributed by atoms with Crippen LogP contribution in [0.15, 0.2) is 60.7 Å². The highest BCUT2D eigenvalue weighted by atomic mass is 32.2. The molecule has 3 aromatic rings. The van der Waals surface area contributed by atoms with Gasteiger partial charge in [-0.25, -0.2) is 18.2 Å². The van der Waals surface area contributed by atoms with E-state index in [2.05, 4.69) is 15.4 Å². The number of rotatable bonds is 6. The lowest BCUT2D eigenvalue weighted by Gasteiger charge is -2.29. The molecule has 4 N–H and O–H groups in total. The number of pyridine rings is 1. The smallest absolute Gasteiger partial charge is 0.405 e. The Morgan fingerprint density at radius 1 is 0.980 bits per heavy atom. The lowest BCUT2D eigenvalue weighted by Crippen LogP contribution is -2.58. The van der Waals surface area contributed by atoms with E-state index < -0.39 is 68.7 Å². The third kappa shape index (κ3) is 6.65. The van der Waals surface area contributed by atoms with Crippen LogP contribution < -0.4 is 20.1 Å². The molecule has 1 saturated heterocycles. The Hall–Kier alpha value is -4.72. The van der Waals surface area contributed by atoms with E-state index in [0.717, 1.165) is 29.0 Å². The summed E-state index contributed by atoms with van der Waals surface area (Å²) in [5, 5.41) is 16.8. The SMILES string of the molecule is O=C(O)N[C@H]1CCCCCC=C[C@@H]2C[C@@]2(C(=O)NS(=O)(=O)C2CC2)NC(=O)[C@@H]2C[C@@H](Oc3nc4ccccc4c4ccccc34)CN2C1=O. The van der Waals surface area contributed by atoms with Crippen molar-refractivity contribution in [1.82, 2.24) is 25.2 Å². The molecule has 49 heavy (non-hydrogen) atoms. The van der Waals surface area contributed by atoms with Gasteiger partial charge in [-0.3, -0.25) is 19.1 Å². The largest absolute Gasteiger partial charge is 0.472 e. The molecule has 13 nitrogen and oxygen atoms in total. The van der Waals surface area contributed by atoms with Gasteiger partial charge >= 0.3 is 6.09 Å². The van der Waals surface area contributed by atoms with Crippen molar-refractivity contribution in [1.29, 1.82) is 0 Å². The van der Waals surface area contributed by atoms with Gasteiger partial charge in [0, 0.05) is 23.1 Å². The van der Waals surface area contributed by atoms with Gasteiger partial charge in [-0.2, -0.15) is 0 Å². The second-order valence-electron chi connectivity index (χ2n) is 13.5. The minimum absolute atomic E-state index is 0.0316. The number of ether oxygens (including phenoxy) is 1. The Balaban J connectivity index is 1.21. The number of carbonyl (C=O) groups is 4. The number of nitrogens with one attached hydrogen (secondary N) is 3. The molecule has 2 aliphatic carbocycles. The molecule has 0 bridgehead atoms. The number of carboxylic acid groups (broad SMARTS) is 1. The third-order valence-electron chi connectivity index (χ3n) is 9.99. The summed E-state index contributed by atoms with van der Waals surface area (Å²) < 4.78 is 34.1. The van der Waals surface area contributed by atoms with Gasteiger partial charge < -0.3 is 25.4 Å². The summed E-state index contributed by atoms with van der Waals surface area (Å²) in [5.74, 6) is -2.10. The number of hydrogen-bond acceptors (Lipinski definition) is 8. The Morgan fingerprint density at radius 2 is 1.71 bits per heavy atom. The lowest BCUT2D eigenvalue weighted by atomic mass is 10.1. The van der Waals surface area contributed by atoms with Crippen molar-refractivity contribution in [3.63, 3.8) is 0 Å². The van der Waals surface area contributed by atoms with Crippen molar-refractivity contribution < 1.29 is 37.4 Å². The normalized spacial score (nSPS) is 27.7. The molecule has 3 heterocycles. The second-order valence-corrected chi connectivity index (χ2v) is 15.4. The molecule has 2 aliphatic heterocycles. The summed E-state index contributed by atoms with van der Waals surface area (Å²) in [6.45, 7) is -0.0316. The number of amides is 4. The van der Waals surface area contributed by atoms with Gasteiger partial charge in [-0.1, -0.05) is 61.4 Å². The Kier molecular flexibility index (Phi) is 8.67. The summed E-state index contributed by atoms with van der Waals surface area (Å²) in [7, 11) is -3.88. The minimum Gasteiger partial charge on any atom is -0.472 e. The standard InChI is InChI=1S/C35H39N5O8S/c41-30-29-18-22(48-31-26-13-7-6-11-24(26)25-12-8-9-14-27(25)36-31)20-40(29)32(42)28(37-34(44)45)15-5-3-1-2-4-10-21-19-35(21,38-30)33(43)39-49(46,47)23-16-17-23/h4,6-14,21-23,28-29,37H,1-3,5,15-20H2,(H,38,41)(H,39,43)(H,44,45)/t21-,22-,28+,29+,35-/m1/s1. The molecular weight excluding hydrogens is 650 g/mol. The summed E-state index contributed by atoms with van der Waals surface area (Å²) in [6, 6.07) is 13.1. The average Bonchev–Trinajstić information content (AvgIpc) is 4.00. The molecule has 3 fully saturated rings. The number of benzene rings is 2. The van der Waals surface area contributed by atoms with Crippen molar-refractivity contribution >= 4 is 55.5 Å². The Morgan fingerprint density at radius 3 is 2.47 bits per heavy atom. The van der Waals surface area contributed by atoms with Crippen LogP contribution in [-0.2, 0) is 24.4 Å². The number of para-hydroxylation sites is 1. The van der Waals surface area contributed by atoms with Crippen molar-refractivity contribution in [2.24, 2.45) is 5.92 Å². The highest BCUT2D eigenvalue weighted by molar-refractivity contribution is 7.91. The van der Waals surface area contributed by atoms with Crippen molar-refractivity contribution in [3.05, 3.63) is 60.7 Å². The molecule has 4 aliphatic rings. The molecule has 2 aromatic carbocycles. The van der Waals surface area contributed by atoms with E-state index in [1.165, 1.54) is 4.90 Å². The van der Waals surface area contributed by atoms with Gasteiger partial charge in [0.2, 0.25) is 27.7 Å². The van der Waals surface area contributed by atoms with E-state index in [1.54, 1.807) is 0 Å². The first-order valence-electron chi connectivity index (χ1n) is 16.8. The number of nitrogens with zero attached hydrogens (tertiary/aromatic N) is 2. The van der Waals surface area contributed by atoms with Crippen LogP contribution >= 0.6 is 0 Å². The zero-order valence-electron chi connectivity index (χ0n) is 26.8. The lowest BCUT2D eigenvalue weighted by molar-refractivity contribution is -0.141. The van der Waals surface area contributed by atoms with Gasteiger partial charge in [-0.05, 0) is 56.0 Å². The molecule has 0 unspecified atom stereocenters. The summed E-state index contributed by atoms with van der Waals surface area (Å²) in [6.07, 6.45) is 5.92. The molecule has 5 atom stereocenters. The molecule has 0 spiro atoms. The van der Waals surface area contributed by atoms with Crippen LogP contribution in [0.2, 0.25) is 0 Å². The highest BCUT2D eigenvalue weighted by Crippen LogP contribution is 2.46. The number of carbonyl (C=O) groups excluding carboxylic acids is 3. The van der Waals surface area contributed by atoms with E-state index in [9.17, 15) is 32.7 Å². The zero-order valence-corrected chi connectivity index (χ0v) is 27.7. The Bertz CT molecular complexity index is 1960. The predicted octanol–water partition coefficient (Wildman–Crippen LogP) is 3.38. The van der Waals surface area contributed by atoms with Crippen LogP contribution in [0.5, 0.6) is 5.88 Å². The molecule has 14 heteroatoms. The first-order chi connectivity index (χ1) is 23.6. The molecule has 7 rings (SSSR count). The molecule has 1 aromatic heterocycles. The predicted molar refractivity (Wildman–Crippen MR) is 180 cm³/mol. The van der Waals surface area contributed by atoms with Gasteiger partial charge in [0.25, 0.3) is 5.91 Å². The van der Waals surface area contributed by atoms with E-state index >= 15 is 0 Å². The maximum Gasteiger partial charge on any atom is 0.405 e. The van der Waals surface area contributed by atoms with Crippen molar-refractivity contribution in [2.75, 3.05) is 6.54 Å². The Labute approximate surface area is 283 Å². The van der Waals surface area contributed by atoms with Crippen LogP contribution in [0.4, 0.5) is 4.79 Å². The first-order valence-corrected chi connectivity index (χ1v) is 18.4. The maximum absolute atomic E-state index is 14.2. The van der Waals surface area contributed by atoms with Crippen LogP contribution in [0, 0.1) is 5.92 Å².